The van der Waals surface area contributed by atoms with Gasteiger partial charge in [0.2, 0.25) is 0 Å². The fourth-order valence-electron chi connectivity index (χ4n) is 2.01. The fraction of sp³-hybridized carbons (Fsp3) is 0.917. The van der Waals surface area contributed by atoms with Crippen LogP contribution in [0.4, 0.5) is 0 Å². The van der Waals surface area contributed by atoms with E-state index in [1.54, 1.807) is 0 Å². The van der Waals surface area contributed by atoms with E-state index in [1.165, 1.54) is 45.2 Å². The first-order chi connectivity index (χ1) is 6.90. The summed E-state index contributed by atoms with van der Waals surface area (Å²) in [5.41, 5.74) is 0. The average molecular weight is 192 g/mol. The highest BCUT2D eigenvalue weighted by Crippen LogP contribution is 2.34. The number of nitriles is 1. The molecule has 0 aromatic carbocycles. The highest BCUT2D eigenvalue weighted by atomic mass is 15.2. The van der Waals surface area contributed by atoms with Crippen LogP contribution in [0.25, 0.3) is 0 Å². The number of unbranched alkanes of at least 4 members (excludes halogenated alkanes) is 2. The first kappa shape index (κ1) is 9.98. The molecule has 0 unspecified atom stereocenters. The van der Waals surface area contributed by atoms with Crippen molar-refractivity contribution >= 4 is 0 Å². The largest absolute Gasteiger partial charge is 0.300 e. The van der Waals surface area contributed by atoms with E-state index in [2.05, 4.69) is 11.0 Å². The standard InChI is InChI=1S/C12H20N2/c13-8-2-1-3-9-14(12-6-7-12)10-11-4-5-11/h11-12H,1-7,9-10H2. The molecule has 0 N–H and O–H groups in total. The number of rotatable bonds is 7. The van der Waals surface area contributed by atoms with Gasteiger partial charge in [-0.15, -0.1) is 0 Å². The Morgan fingerprint density at radius 3 is 2.50 bits per heavy atom. The van der Waals surface area contributed by atoms with Crippen molar-refractivity contribution in [3.63, 3.8) is 0 Å². The van der Waals surface area contributed by atoms with Crippen LogP contribution in [0, 0.1) is 17.2 Å². The van der Waals surface area contributed by atoms with Crippen molar-refractivity contribution in [2.45, 2.75) is 51.0 Å². The molecule has 2 aliphatic rings. The summed E-state index contributed by atoms with van der Waals surface area (Å²) < 4.78 is 0. The summed E-state index contributed by atoms with van der Waals surface area (Å²) in [5.74, 6) is 1.02. The Morgan fingerprint density at radius 1 is 1.14 bits per heavy atom. The summed E-state index contributed by atoms with van der Waals surface area (Å²) in [5, 5.41) is 8.44. The van der Waals surface area contributed by atoms with E-state index < -0.39 is 0 Å². The van der Waals surface area contributed by atoms with Crippen LogP contribution in [0.3, 0.4) is 0 Å². The van der Waals surface area contributed by atoms with E-state index >= 15 is 0 Å². The third kappa shape index (κ3) is 3.31. The van der Waals surface area contributed by atoms with Gasteiger partial charge in [0.1, 0.15) is 0 Å². The SMILES string of the molecule is N#CCCCCN(CC1CC1)C1CC1. The second-order valence-corrected chi connectivity index (χ2v) is 4.78. The first-order valence-corrected chi connectivity index (χ1v) is 6.01. The summed E-state index contributed by atoms with van der Waals surface area (Å²) in [6.07, 6.45) is 8.81. The van der Waals surface area contributed by atoms with Crippen LogP contribution < -0.4 is 0 Å². The van der Waals surface area contributed by atoms with Gasteiger partial charge in [0.05, 0.1) is 6.07 Å². The summed E-state index contributed by atoms with van der Waals surface area (Å²) >= 11 is 0. The molecule has 0 spiro atoms. The molecular formula is C12H20N2. The van der Waals surface area contributed by atoms with Gasteiger partial charge < -0.3 is 4.90 Å². The predicted molar refractivity (Wildman–Crippen MR) is 56.8 cm³/mol. The minimum absolute atomic E-state index is 0.738. The van der Waals surface area contributed by atoms with Crippen molar-refractivity contribution in [2.24, 2.45) is 5.92 Å². The maximum absolute atomic E-state index is 8.44. The molecule has 78 valence electrons. The van der Waals surface area contributed by atoms with E-state index in [4.69, 9.17) is 5.26 Å². The second-order valence-electron chi connectivity index (χ2n) is 4.78. The lowest BCUT2D eigenvalue weighted by Crippen LogP contribution is -2.29. The van der Waals surface area contributed by atoms with Crippen LogP contribution >= 0.6 is 0 Å². The zero-order chi connectivity index (χ0) is 9.80. The van der Waals surface area contributed by atoms with Gasteiger partial charge in [-0.25, -0.2) is 0 Å². The molecule has 0 aromatic heterocycles. The van der Waals surface area contributed by atoms with Crippen LogP contribution in [0.1, 0.15) is 44.9 Å². The minimum atomic E-state index is 0.738. The van der Waals surface area contributed by atoms with Crippen LogP contribution in [0.5, 0.6) is 0 Å². The molecule has 0 bridgehead atoms. The number of nitrogens with zero attached hydrogens (tertiary/aromatic N) is 2. The van der Waals surface area contributed by atoms with Gasteiger partial charge >= 0.3 is 0 Å². The van der Waals surface area contributed by atoms with Crippen molar-refractivity contribution in [3.8, 4) is 6.07 Å². The molecule has 0 heterocycles. The lowest BCUT2D eigenvalue weighted by molar-refractivity contribution is 0.248. The third-order valence-corrected chi connectivity index (χ3v) is 3.24. The smallest absolute Gasteiger partial charge is 0.0621 e. The Bertz CT molecular complexity index is 211. The van der Waals surface area contributed by atoms with Crippen molar-refractivity contribution in [2.75, 3.05) is 13.1 Å². The van der Waals surface area contributed by atoms with Crippen molar-refractivity contribution in [1.82, 2.24) is 4.90 Å². The Balaban J connectivity index is 1.60. The van der Waals surface area contributed by atoms with E-state index in [0.717, 1.165) is 24.8 Å². The third-order valence-electron chi connectivity index (χ3n) is 3.24. The summed E-state index contributed by atoms with van der Waals surface area (Å²) in [6, 6.07) is 3.14. The molecule has 2 heteroatoms. The number of hydrogen-bond acceptors (Lipinski definition) is 2. The van der Waals surface area contributed by atoms with Crippen LogP contribution in [0.15, 0.2) is 0 Å². The molecule has 2 aliphatic carbocycles. The molecule has 14 heavy (non-hydrogen) atoms. The van der Waals surface area contributed by atoms with Crippen LogP contribution in [-0.4, -0.2) is 24.0 Å². The molecule has 0 amide bonds. The van der Waals surface area contributed by atoms with Crippen molar-refractivity contribution < 1.29 is 0 Å². The van der Waals surface area contributed by atoms with E-state index in [1.807, 2.05) is 0 Å². The highest BCUT2D eigenvalue weighted by molar-refractivity contribution is 4.88. The highest BCUT2D eigenvalue weighted by Gasteiger charge is 2.32. The summed E-state index contributed by atoms with van der Waals surface area (Å²) in [4.78, 5) is 2.68. The summed E-state index contributed by atoms with van der Waals surface area (Å²) in [7, 11) is 0. The molecule has 2 rings (SSSR count). The molecule has 2 saturated carbocycles. The molecule has 0 aromatic rings. The Labute approximate surface area is 86.9 Å². The number of hydrogen-bond donors (Lipinski definition) is 0. The first-order valence-electron chi connectivity index (χ1n) is 6.01. The van der Waals surface area contributed by atoms with Crippen LogP contribution in [-0.2, 0) is 0 Å². The zero-order valence-electron chi connectivity index (χ0n) is 8.91. The Morgan fingerprint density at radius 2 is 1.93 bits per heavy atom. The van der Waals surface area contributed by atoms with Crippen molar-refractivity contribution in [3.05, 3.63) is 0 Å². The van der Waals surface area contributed by atoms with E-state index in [-0.39, 0.29) is 0 Å². The minimum Gasteiger partial charge on any atom is -0.300 e. The van der Waals surface area contributed by atoms with Gasteiger partial charge in [0.25, 0.3) is 0 Å². The maximum Gasteiger partial charge on any atom is 0.0621 e. The maximum atomic E-state index is 8.44. The van der Waals surface area contributed by atoms with Gasteiger partial charge in [-0.2, -0.15) is 5.26 Å². The molecule has 0 atom stereocenters. The van der Waals surface area contributed by atoms with Crippen molar-refractivity contribution in [1.29, 1.82) is 5.26 Å². The molecule has 2 fully saturated rings. The van der Waals surface area contributed by atoms with Crippen LogP contribution in [0.2, 0.25) is 0 Å². The molecular weight excluding hydrogens is 172 g/mol. The topological polar surface area (TPSA) is 27.0 Å². The predicted octanol–water partition coefficient (Wildman–Crippen LogP) is 2.55. The van der Waals surface area contributed by atoms with Gasteiger partial charge in [-0.1, -0.05) is 0 Å². The van der Waals surface area contributed by atoms with Gasteiger partial charge in [-0.05, 0) is 51.0 Å². The van der Waals surface area contributed by atoms with Gasteiger partial charge in [0.15, 0.2) is 0 Å². The van der Waals surface area contributed by atoms with E-state index in [0.29, 0.717) is 0 Å². The Hall–Kier alpha value is -0.550. The molecule has 2 nitrogen and oxygen atoms in total. The summed E-state index contributed by atoms with van der Waals surface area (Å²) in [6.45, 7) is 2.58. The van der Waals surface area contributed by atoms with Gasteiger partial charge in [-0.3, -0.25) is 0 Å². The second kappa shape index (κ2) is 4.79. The monoisotopic (exact) mass is 192 g/mol. The quantitative estimate of drug-likeness (QED) is 0.580. The molecule has 0 aliphatic heterocycles. The molecule has 0 saturated heterocycles. The van der Waals surface area contributed by atoms with E-state index in [9.17, 15) is 0 Å². The van der Waals surface area contributed by atoms with Gasteiger partial charge in [0, 0.05) is 19.0 Å². The lowest BCUT2D eigenvalue weighted by atomic mass is 10.2. The zero-order valence-corrected chi connectivity index (χ0v) is 8.91. The normalized spacial score (nSPS) is 21.1. The Kier molecular flexibility index (Phi) is 3.42. The fourth-order valence-corrected chi connectivity index (χ4v) is 2.01. The lowest BCUT2D eigenvalue weighted by Gasteiger charge is -2.21. The average Bonchev–Trinajstić information content (AvgIpc) is 3.02. The molecule has 0 radical (unpaired) electrons.